The third-order valence-electron chi connectivity index (χ3n) is 3.25. The van der Waals surface area contributed by atoms with Crippen LogP contribution in [-0.2, 0) is 21.4 Å². The first kappa shape index (κ1) is 16.9. The number of aryl methyl sites for hydroxylation is 1. The zero-order valence-electron chi connectivity index (χ0n) is 12.6. The maximum absolute atomic E-state index is 12.3. The molecule has 0 heterocycles. The molecule has 0 saturated carbocycles. The van der Waals surface area contributed by atoms with Crippen molar-refractivity contribution in [3.63, 3.8) is 0 Å². The molecule has 0 spiro atoms. The van der Waals surface area contributed by atoms with Crippen LogP contribution in [0, 0.1) is 6.92 Å². The van der Waals surface area contributed by atoms with Crippen molar-refractivity contribution in [2.45, 2.75) is 18.4 Å². The van der Waals surface area contributed by atoms with E-state index in [0.717, 1.165) is 17.2 Å². The van der Waals surface area contributed by atoms with Crippen LogP contribution in [-0.4, -0.2) is 19.5 Å². The van der Waals surface area contributed by atoms with Crippen LogP contribution in [0.2, 0.25) is 0 Å². The minimum absolute atomic E-state index is 0.166. The smallest absolute Gasteiger partial charge is 0.328 e. The summed E-state index contributed by atoms with van der Waals surface area (Å²) >= 11 is 0. The van der Waals surface area contributed by atoms with E-state index in [1.165, 1.54) is 6.08 Å². The highest BCUT2D eigenvalue weighted by molar-refractivity contribution is 7.89. The number of hydrogen-bond donors (Lipinski definition) is 2. The van der Waals surface area contributed by atoms with Gasteiger partial charge in [-0.15, -0.1) is 0 Å². The molecule has 6 heteroatoms. The van der Waals surface area contributed by atoms with Crippen molar-refractivity contribution in [1.29, 1.82) is 0 Å². The Kier molecular flexibility index (Phi) is 5.31. The van der Waals surface area contributed by atoms with E-state index < -0.39 is 16.0 Å². The standard InChI is InChI=1S/C17H17NO4S/c1-13-4-2-3-5-16(13)23(21,22)18-12-15-8-6-14(7-9-15)10-11-17(19)20/h2-11,18H,12H2,1H3,(H,19,20)/b11-10+. The van der Waals surface area contributed by atoms with Crippen molar-refractivity contribution in [3.8, 4) is 0 Å². The van der Waals surface area contributed by atoms with Gasteiger partial charge in [-0.05, 0) is 35.8 Å². The van der Waals surface area contributed by atoms with E-state index >= 15 is 0 Å². The molecule has 0 radical (unpaired) electrons. The van der Waals surface area contributed by atoms with Crippen molar-refractivity contribution >= 4 is 22.1 Å². The highest BCUT2D eigenvalue weighted by atomic mass is 32.2. The minimum atomic E-state index is -3.56. The molecule has 120 valence electrons. The molecule has 0 amide bonds. The molecule has 0 aliphatic rings. The van der Waals surface area contributed by atoms with Crippen LogP contribution in [0.1, 0.15) is 16.7 Å². The second kappa shape index (κ2) is 7.21. The fourth-order valence-corrected chi connectivity index (χ4v) is 3.29. The van der Waals surface area contributed by atoms with Crippen molar-refractivity contribution in [2.75, 3.05) is 0 Å². The number of benzene rings is 2. The summed E-state index contributed by atoms with van der Waals surface area (Å²) in [5, 5.41) is 8.57. The Bertz CT molecular complexity index is 824. The van der Waals surface area contributed by atoms with E-state index in [1.807, 2.05) is 0 Å². The summed E-state index contributed by atoms with van der Waals surface area (Å²) < 4.78 is 27.1. The Labute approximate surface area is 135 Å². The third kappa shape index (κ3) is 4.77. The zero-order chi connectivity index (χ0) is 16.9. The maximum Gasteiger partial charge on any atom is 0.328 e. The normalized spacial score (nSPS) is 11.7. The summed E-state index contributed by atoms with van der Waals surface area (Å²) in [6.07, 6.45) is 2.53. The Morgan fingerprint density at radius 3 is 2.39 bits per heavy atom. The van der Waals surface area contributed by atoms with E-state index in [2.05, 4.69) is 4.72 Å². The number of sulfonamides is 1. The molecule has 0 atom stereocenters. The molecule has 0 aliphatic carbocycles. The van der Waals surface area contributed by atoms with Crippen LogP contribution >= 0.6 is 0 Å². The first-order valence-electron chi connectivity index (χ1n) is 6.94. The second-order valence-electron chi connectivity index (χ2n) is 5.00. The SMILES string of the molecule is Cc1ccccc1S(=O)(=O)NCc1ccc(/C=C/C(=O)O)cc1. The number of aliphatic carboxylic acids is 1. The van der Waals surface area contributed by atoms with Gasteiger partial charge >= 0.3 is 5.97 Å². The van der Waals surface area contributed by atoms with Gasteiger partial charge in [-0.3, -0.25) is 0 Å². The van der Waals surface area contributed by atoms with Gasteiger partial charge in [0.2, 0.25) is 10.0 Å². The van der Waals surface area contributed by atoms with Gasteiger partial charge in [-0.2, -0.15) is 0 Å². The lowest BCUT2D eigenvalue weighted by atomic mass is 10.1. The van der Waals surface area contributed by atoms with Crippen molar-refractivity contribution in [2.24, 2.45) is 0 Å². The molecule has 2 N–H and O–H groups in total. The average Bonchev–Trinajstić information content (AvgIpc) is 2.52. The molecular formula is C17H17NO4S. The van der Waals surface area contributed by atoms with Crippen LogP contribution in [0.5, 0.6) is 0 Å². The van der Waals surface area contributed by atoms with Crippen LogP contribution in [0.25, 0.3) is 6.08 Å². The van der Waals surface area contributed by atoms with E-state index in [1.54, 1.807) is 55.5 Å². The molecular weight excluding hydrogens is 314 g/mol. The molecule has 2 aromatic carbocycles. The molecule has 23 heavy (non-hydrogen) atoms. The number of carboxylic acids is 1. The maximum atomic E-state index is 12.3. The summed E-state index contributed by atoms with van der Waals surface area (Å²) in [4.78, 5) is 10.7. The lowest BCUT2D eigenvalue weighted by molar-refractivity contribution is -0.131. The van der Waals surface area contributed by atoms with Gasteiger partial charge in [-0.1, -0.05) is 42.5 Å². The Morgan fingerprint density at radius 2 is 1.78 bits per heavy atom. The van der Waals surface area contributed by atoms with Gasteiger partial charge in [0.15, 0.2) is 0 Å². The minimum Gasteiger partial charge on any atom is -0.478 e. The second-order valence-corrected chi connectivity index (χ2v) is 6.74. The van der Waals surface area contributed by atoms with E-state index in [0.29, 0.717) is 5.56 Å². The summed E-state index contributed by atoms with van der Waals surface area (Å²) in [7, 11) is -3.56. The van der Waals surface area contributed by atoms with Crippen LogP contribution in [0.15, 0.2) is 59.5 Å². The van der Waals surface area contributed by atoms with Crippen LogP contribution < -0.4 is 4.72 Å². The lowest BCUT2D eigenvalue weighted by Gasteiger charge is -2.09. The Balaban J connectivity index is 2.06. The van der Waals surface area contributed by atoms with Gasteiger partial charge in [0, 0.05) is 12.6 Å². The van der Waals surface area contributed by atoms with E-state index in [-0.39, 0.29) is 11.4 Å². The largest absolute Gasteiger partial charge is 0.478 e. The highest BCUT2D eigenvalue weighted by Crippen LogP contribution is 2.14. The first-order valence-corrected chi connectivity index (χ1v) is 8.42. The quantitative estimate of drug-likeness (QED) is 0.797. The van der Waals surface area contributed by atoms with Gasteiger partial charge < -0.3 is 5.11 Å². The highest BCUT2D eigenvalue weighted by Gasteiger charge is 2.15. The van der Waals surface area contributed by atoms with Gasteiger partial charge in [-0.25, -0.2) is 17.9 Å². The summed E-state index contributed by atoms with van der Waals surface area (Å²) in [6.45, 7) is 1.91. The predicted molar refractivity (Wildman–Crippen MR) is 88.3 cm³/mol. The molecule has 0 aromatic heterocycles. The molecule has 0 saturated heterocycles. The first-order chi connectivity index (χ1) is 10.9. The van der Waals surface area contributed by atoms with Crippen LogP contribution in [0.4, 0.5) is 0 Å². The lowest BCUT2D eigenvalue weighted by Crippen LogP contribution is -2.23. The van der Waals surface area contributed by atoms with Gasteiger partial charge in [0.25, 0.3) is 0 Å². The molecule has 5 nitrogen and oxygen atoms in total. The Morgan fingerprint density at radius 1 is 1.13 bits per heavy atom. The van der Waals surface area contributed by atoms with Crippen molar-refractivity contribution in [1.82, 2.24) is 4.72 Å². The molecule has 0 unspecified atom stereocenters. The zero-order valence-corrected chi connectivity index (χ0v) is 13.4. The fourth-order valence-electron chi connectivity index (χ4n) is 2.03. The van der Waals surface area contributed by atoms with E-state index in [4.69, 9.17) is 5.11 Å². The number of nitrogens with one attached hydrogen (secondary N) is 1. The van der Waals surface area contributed by atoms with Crippen LogP contribution in [0.3, 0.4) is 0 Å². The van der Waals surface area contributed by atoms with Crippen molar-refractivity contribution in [3.05, 3.63) is 71.3 Å². The third-order valence-corrected chi connectivity index (χ3v) is 4.81. The summed E-state index contributed by atoms with van der Waals surface area (Å²) in [5.41, 5.74) is 2.21. The fraction of sp³-hybridized carbons (Fsp3) is 0.118. The van der Waals surface area contributed by atoms with E-state index in [9.17, 15) is 13.2 Å². The molecule has 2 rings (SSSR count). The van der Waals surface area contributed by atoms with Gasteiger partial charge in [0.05, 0.1) is 4.90 Å². The molecule has 0 fully saturated rings. The number of hydrogen-bond acceptors (Lipinski definition) is 3. The number of carbonyl (C=O) groups is 1. The molecule has 0 aliphatic heterocycles. The monoisotopic (exact) mass is 331 g/mol. The van der Waals surface area contributed by atoms with Crippen molar-refractivity contribution < 1.29 is 18.3 Å². The Hall–Kier alpha value is -2.44. The average molecular weight is 331 g/mol. The number of rotatable bonds is 6. The summed E-state index contributed by atoms with van der Waals surface area (Å²) in [6, 6.07) is 13.8. The topological polar surface area (TPSA) is 83.5 Å². The molecule has 2 aromatic rings. The number of carboxylic acid groups (broad SMARTS) is 1. The van der Waals surface area contributed by atoms with Gasteiger partial charge in [0.1, 0.15) is 0 Å². The molecule has 0 bridgehead atoms. The summed E-state index contributed by atoms with van der Waals surface area (Å²) in [5.74, 6) is -1.01. The predicted octanol–water partition coefficient (Wildman–Crippen LogP) is 2.57.